The van der Waals surface area contributed by atoms with E-state index in [9.17, 15) is 4.79 Å². The van der Waals surface area contributed by atoms with Crippen molar-refractivity contribution in [3.05, 3.63) is 30.3 Å². The van der Waals surface area contributed by atoms with Gasteiger partial charge in [0.2, 0.25) is 0 Å². The Kier molecular flexibility index (Phi) is 4.20. The molecule has 0 aliphatic heterocycles. The molecule has 0 aliphatic rings. The molecule has 0 unspecified atom stereocenters. The van der Waals surface area contributed by atoms with Crippen LogP contribution in [-0.4, -0.2) is 21.2 Å². The van der Waals surface area contributed by atoms with Crippen LogP contribution in [0.4, 0.5) is 0 Å². The number of rotatable bonds is 4. The van der Waals surface area contributed by atoms with E-state index in [1.54, 1.807) is 0 Å². The van der Waals surface area contributed by atoms with Gasteiger partial charge in [-0.25, -0.2) is 0 Å². The predicted octanol–water partition coefficient (Wildman–Crippen LogP) is 1.66. The minimum atomic E-state index is 0.217. The zero-order valence-corrected chi connectivity index (χ0v) is 9.65. The summed E-state index contributed by atoms with van der Waals surface area (Å²) in [4.78, 5) is 11.0. The van der Waals surface area contributed by atoms with Crippen LogP contribution < -0.4 is 4.46 Å². The van der Waals surface area contributed by atoms with Gasteiger partial charge in [-0.3, -0.25) is 0 Å². The number of hydrogen-bond donors (Lipinski definition) is 0. The van der Waals surface area contributed by atoms with Crippen molar-refractivity contribution in [2.45, 2.75) is 18.7 Å². The van der Waals surface area contributed by atoms with E-state index in [1.165, 1.54) is 4.46 Å². The molecule has 0 aromatic heterocycles. The fourth-order valence-corrected chi connectivity index (χ4v) is 2.98. The van der Waals surface area contributed by atoms with Crippen LogP contribution in [0.15, 0.2) is 30.3 Å². The van der Waals surface area contributed by atoms with E-state index in [1.807, 2.05) is 18.2 Å². The molecule has 0 heterocycles. The molecule has 70 valence electrons. The average molecular weight is 241 g/mol. The van der Waals surface area contributed by atoms with E-state index in [4.69, 9.17) is 0 Å². The van der Waals surface area contributed by atoms with Crippen LogP contribution in [-0.2, 0) is 4.79 Å². The molecule has 1 rings (SSSR count). The standard InChI is InChI=1S/C11H14OSe/c1-9(2)11(8-12)13-10-6-4-3-5-7-10/h3-9,11H,1-2H3/t11-/m1/s1. The van der Waals surface area contributed by atoms with Gasteiger partial charge < -0.3 is 0 Å². The number of aldehydes is 1. The molecule has 13 heavy (non-hydrogen) atoms. The molecular formula is C11H14OSe. The molecule has 2 heteroatoms. The Morgan fingerprint density at radius 1 is 1.23 bits per heavy atom. The van der Waals surface area contributed by atoms with Crippen molar-refractivity contribution in [1.82, 2.24) is 0 Å². The molecule has 0 fully saturated rings. The van der Waals surface area contributed by atoms with Gasteiger partial charge in [-0.1, -0.05) is 0 Å². The zero-order chi connectivity index (χ0) is 9.68. The molecular weight excluding hydrogens is 227 g/mol. The van der Waals surface area contributed by atoms with Gasteiger partial charge in [0, 0.05) is 0 Å². The number of benzene rings is 1. The first-order valence-electron chi connectivity index (χ1n) is 4.41. The summed E-state index contributed by atoms with van der Waals surface area (Å²) < 4.78 is 1.31. The van der Waals surface area contributed by atoms with Crippen LogP contribution in [0.1, 0.15) is 13.8 Å². The molecule has 0 spiro atoms. The van der Waals surface area contributed by atoms with E-state index in [2.05, 4.69) is 26.0 Å². The van der Waals surface area contributed by atoms with Crippen molar-refractivity contribution in [3.8, 4) is 0 Å². The fourth-order valence-electron chi connectivity index (χ4n) is 0.977. The van der Waals surface area contributed by atoms with Crippen molar-refractivity contribution >= 4 is 25.7 Å². The maximum absolute atomic E-state index is 10.8. The van der Waals surface area contributed by atoms with E-state index in [0.717, 1.165) is 6.29 Å². The van der Waals surface area contributed by atoms with Gasteiger partial charge in [-0.15, -0.1) is 0 Å². The first kappa shape index (κ1) is 10.5. The third-order valence-corrected chi connectivity index (χ3v) is 4.89. The van der Waals surface area contributed by atoms with Crippen molar-refractivity contribution in [1.29, 1.82) is 0 Å². The zero-order valence-electron chi connectivity index (χ0n) is 7.94. The summed E-state index contributed by atoms with van der Waals surface area (Å²) in [6, 6.07) is 10.3. The second-order valence-electron chi connectivity index (χ2n) is 3.28. The Balaban J connectivity index is 2.62. The maximum atomic E-state index is 10.8. The van der Waals surface area contributed by atoms with Gasteiger partial charge in [0.1, 0.15) is 0 Å². The van der Waals surface area contributed by atoms with Crippen LogP contribution >= 0.6 is 0 Å². The Hall–Kier alpha value is -0.591. The van der Waals surface area contributed by atoms with Gasteiger partial charge in [-0.2, -0.15) is 0 Å². The summed E-state index contributed by atoms with van der Waals surface area (Å²) in [5.74, 6) is 0.456. The summed E-state index contributed by atoms with van der Waals surface area (Å²) in [7, 11) is 0. The van der Waals surface area contributed by atoms with Crippen LogP contribution in [0.25, 0.3) is 0 Å². The summed E-state index contributed by atoms with van der Waals surface area (Å²) >= 11 is 0.289. The first-order valence-corrected chi connectivity index (χ1v) is 6.25. The Morgan fingerprint density at radius 3 is 2.31 bits per heavy atom. The van der Waals surface area contributed by atoms with Gasteiger partial charge in [-0.05, 0) is 0 Å². The molecule has 0 radical (unpaired) electrons. The number of carbonyl (C=O) groups is 1. The third kappa shape index (κ3) is 3.33. The van der Waals surface area contributed by atoms with Crippen molar-refractivity contribution in [3.63, 3.8) is 0 Å². The monoisotopic (exact) mass is 242 g/mol. The quantitative estimate of drug-likeness (QED) is 0.578. The van der Waals surface area contributed by atoms with Crippen LogP contribution in [0, 0.1) is 5.92 Å². The van der Waals surface area contributed by atoms with Gasteiger partial charge in [0.05, 0.1) is 0 Å². The molecule has 1 nitrogen and oxygen atoms in total. The number of hydrogen-bond acceptors (Lipinski definition) is 1. The minimum absolute atomic E-state index is 0.217. The van der Waals surface area contributed by atoms with Crippen molar-refractivity contribution in [2.24, 2.45) is 5.92 Å². The van der Waals surface area contributed by atoms with Crippen molar-refractivity contribution in [2.75, 3.05) is 0 Å². The van der Waals surface area contributed by atoms with Gasteiger partial charge >= 0.3 is 85.4 Å². The van der Waals surface area contributed by atoms with Crippen LogP contribution in [0.5, 0.6) is 0 Å². The Labute approximate surface area is 85.7 Å². The summed E-state index contributed by atoms with van der Waals surface area (Å²) in [6.45, 7) is 4.20. The average Bonchev–Trinajstić information content (AvgIpc) is 2.15. The Bertz CT molecular complexity index is 256. The van der Waals surface area contributed by atoms with Crippen LogP contribution in [0.2, 0.25) is 4.82 Å². The normalized spacial score (nSPS) is 12.8. The second kappa shape index (κ2) is 5.21. The molecule has 1 aromatic carbocycles. The van der Waals surface area contributed by atoms with E-state index >= 15 is 0 Å². The van der Waals surface area contributed by atoms with Crippen LogP contribution in [0.3, 0.4) is 0 Å². The third-order valence-electron chi connectivity index (χ3n) is 1.81. The summed E-state index contributed by atoms with van der Waals surface area (Å²) in [6.07, 6.45) is 1.09. The summed E-state index contributed by atoms with van der Waals surface area (Å²) in [5, 5.41) is 0. The first-order chi connectivity index (χ1) is 6.24. The van der Waals surface area contributed by atoms with Gasteiger partial charge in [0.25, 0.3) is 0 Å². The molecule has 0 amide bonds. The SMILES string of the molecule is CC(C)[C@@H](C=O)[Se]c1ccccc1. The van der Waals surface area contributed by atoms with E-state index < -0.39 is 0 Å². The molecule has 0 saturated carbocycles. The molecule has 0 aliphatic carbocycles. The number of carbonyl (C=O) groups excluding carboxylic acids is 1. The predicted molar refractivity (Wildman–Crippen MR) is 56.5 cm³/mol. The van der Waals surface area contributed by atoms with Gasteiger partial charge in [0.15, 0.2) is 0 Å². The summed E-state index contributed by atoms with van der Waals surface area (Å²) in [5.41, 5.74) is 0. The fraction of sp³-hybridized carbons (Fsp3) is 0.364. The van der Waals surface area contributed by atoms with E-state index in [-0.39, 0.29) is 19.8 Å². The molecule has 0 saturated heterocycles. The van der Waals surface area contributed by atoms with E-state index in [0.29, 0.717) is 5.92 Å². The topological polar surface area (TPSA) is 17.1 Å². The Morgan fingerprint density at radius 2 is 1.85 bits per heavy atom. The molecule has 0 bridgehead atoms. The second-order valence-corrected chi connectivity index (χ2v) is 5.90. The molecule has 1 atom stereocenters. The van der Waals surface area contributed by atoms with Crippen molar-refractivity contribution < 1.29 is 4.79 Å². The molecule has 1 aromatic rings. The molecule has 0 N–H and O–H groups in total.